The second-order valence-corrected chi connectivity index (χ2v) is 0.372. The van der Waals surface area contributed by atoms with E-state index >= 15 is 0 Å². The Kier molecular flexibility index (Phi) is 7.17. The molecule has 0 aromatic rings. The number of hydrogen-bond donors (Lipinski definition) is 0. The van der Waals surface area contributed by atoms with Crippen molar-refractivity contribution in [2.75, 3.05) is 0 Å². The molecule has 0 N–H and O–H groups in total. The van der Waals surface area contributed by atoms with Gasteiger partial charge in [0, 0.05) is 21.1 Å². The Labute approximate surface area is 44.4 Å². The molecule has 0 fully saturated rings. The van der Waals surface area contributed by atoms with Crippen LogP contribution in [0.15, 0.2) is 0 Å². The Morgan fingerprint density at radius 3 is 1.80 bits per heavy atom. The van der Waals surface area contributed by atoms with E-state index in [4.69, 9.17) is 9.90 Å². The van der Waals surface area contributed by atoms with E-state index in [0.29, 0.717) is 0 Å². The average molecular weight is 242 g/mol. The van der Waals surface area contributed by atoms with Gasteiger partial charge in [-0.25, -0.2) is 0 Å². The van der Waals surface area contributed by atoms with Crippen LogP contribution in [0.2, 0.25) is 0 Å². The van der Waals surface area contributed by atoms with Crippen LogP contribution in [0.3, 0.4) is 0 Å². The Hall–Kier alpha value is 0.0283. The summed E-state index contributed by atoms with van der Waals surface area (Å²) >= 11 is 0. The topological polar surface area (TPSA) is 40.1 Å². The zero-order valence-corrected chi connectivity index (χ0v) is 5.37. The molecular formula is C2H2O2W-2. The van der Waals surface area contributed by atoms with Gasteiger partial charge in [-0.2, -0.15) is 0 Å². The van der Waals surface area contributed by atoms with E-state index in [1.165, 1.54) is 0 Å². The molecule has 0 aliphatic heterocycles. The van der Waals surface area contributed by atoms with Crippen LogP contribution in [0, 0.1) is 6.92 Å². The minimum absolute atomic E-state index is 0. The van der Waals surface area contributed by atoms with Gasteiger partial charge in [-0.05, 0) is 0 Å². The molecule has 0 rings (SSSR count). The smallest absolute Gasteiger partial charge is 0 e. The molecule has 0 spiro atoms. The molecule has 0 aromatic heterocycles. The van der Waals surface area contributed by atoms with Gasteiger partial charge in [-0.15, -0.1) is 5.97 Å². The van der Waals surface area contributed by atoms with Crippen LogP contribution in [-0.2, 0) is 25.9 Å². The Morgan fingerprint density at radius 1 is 1.80 bits per heavy atom. The molecule has 3 heteroatoms. The summed E-state index contributed by atoms with van der Waals surface area (Å²) in [6, 6.07) is 0. The van der Waals surface area contributed by atoms with Crippen molar-refractivity contribution in [3.63, 3.8) is 0 Å². The first-order valence-corrected chi connectivity index (χ1v) is 0.762. The minimum Gasteiger partial charge on any atom is -0.584 e. The summed E-state index contributed by atoms with van der Waals surface area (Å²) in [6.45, 7) is 2.44. The summed E-state index contributed by atoms with van der Waals surface area (Å²) < 4.78 is 0. The predicted octanol–water partition coefficient (Wildman–Crippen LogP) is -1.43. The summed E-state index contributed by atoms with van der Waals surface area (Å²) in [7, 11) is 0. The van der Waals surface area contributed by atoms with Crippen LogP contribution < -0.4 is 5.11 Å². The summed E-state index contributed by atoms with van der Waals surface area (Å²) in [6.07, 6.45) is 0. The summed E-state index contributed by atoms with van der Waals surface area (Å²) in [5, 5.41) is 8.78. The molecule has 0 saturated heterocycles. The molecule has 0 amide bonds. The van der Waals surface area contributed by atoms with Gasteiger partial charge in [0.05, 0.1) is 0 Å². The van der Waals surface area contributed by atoms with E-state index in [0.717, 1.165) is 0 Å². The number of carbonyl (C=O) groups excluding carboxylic acids is 1. The third-order valence-corrected chi connectivity index (χ3v) is 0. The fourth-order valence-electron chi connectivity index (χ4n) is 0. The van der Waals surface area contributed by atoms with E-state index in [2.05, 4.69) is 6.92 Å². The van der Waals surface area contributed by atoms with Crippen molar-refractivity contribution in [3.05, 3.63) is 6.92 Å². The van der Waals surface area contributed by atoms with Crippen LogP contribution in [0.25, 0.3) is 0 Å². The Bertz CT molecular complexity index is 30.6. The van der Waals surface area contributed by atoms with Gasteiger partial charge >= 0.3 is 0 Å². The Balaban J connectivity index is 0. The fourth-order valence-corrected chi connectivity index (χ4v) is 0. The minimum atomic E-state index is -1.33. The van der Waals surface area contributed by atoms with Gasteiger partial charge in [-0.1, -0.05) is 0 Å². The van der Waals surface area contributed by atoms with Crippen LogP contribution in [0.4, 0.5) is 0 Å². The maximum Gasteiger partial charge on any atom is 0 e. The largest absolute Gasteiger partial charge is 0.584 e. The first-order chi connectivity index (χ1) is 1.73. The molecule has 30 valence electrons. The van der Waals surface area contributed by atoms with Gasteiger partial charge in [0.2, 0.25) is 0 Å². The van der Waals surface area contributed by atoms with Gasteiger partial charge in [0.15, 0.2) is 0 Å². The molecule has 0 unspecified atom stereocenters. The second-order valence-electron chi connectivity index (χ2n) is 0.372. The van der Waals surface area contributed by atoms with E-state index in [1.807, 2.05) is 0 Å². The molecule has 0 radical (unpaired) electrons. The molecule has 0 aliphatic rings. The third kappa shape index (κ3) is 20700. The van der Waals surface area contributed by atoms with Crippen molar-refractivity contribution in [3.8, 4) is 0 Å². The van der Waals surface area contributed by atoms with Gasteiger partial charge in [0.1, 0.15) is 0 Å². The van der Waals surface area contributed by atoms with Crippen LogP contribution >= 0.6 is 0 Å². The Morgan fingerprint density at radius 2 is 1.80 bits per heavy atom. The number of aliphatic carboxylic acids is 1. The quantitative estimate of drug-likeness (QED) is 0.488. The first-order valence-electron chi connectivity index (χ1n) is 0.762. The third-order valence-electron chi connectivity index (χ3n) is 0. The van der Waals surface area contributed by atoms with E-state index in [9.17, 15) is 0 Å². The summed E-state index contributed by atoms with van der Waals surface area (Å²) in [4.78, 5) is 8.78. The predicted molar refractivity (Wildman–Crippen MR) is 10.4 cm³/mol. The summed E-state index contributed by atoms with van der Waals surface area (Å²) in [5.74, 6) is -1.33. The van der Waals surface area contributed by atoms with Crippen molar-refractivity contribution >= 4 is 5.97 Å². The van der Waals surface area contributed by atoms with Gasteiger partial charge in [0.25, 0.3) is 0 Å². The standard InChI is InChI=1S/C2H3O2.W/c1-2(3)4;/h1H2,(H,3,4);/q-1;/p-1. The van der Waals surface area contributed by atoms with Crippen molar-refractivity contribution in [2.24, 2.45) is 0 Å². The van der Waals surface area contributed by atoms with Crippen LogP contribution in [-0.4, -0.2) is 5.97 Å². The maximum absolute atomic E-state index is 8.78. The maximum atomic E-state index is 8.78. The van der Waals surface area contributed by atoms with E-state index in [1.54, 1.807) is 0 Å². The van der Waals surface area contributed by atoms with Crippen LogP contribution in [0.1, 0.15) is 0 Å². The number of rotatable bonds is 0. The second kappa shape index (κ2) is 4.03. The van der Waals surface area contributed by atoms with Gasteiger partial charge in [-0.3, -0.25) is 0 Å². The molecule has 0 saturated carbocycles. The van der Waals surface area contributed by atoms with Crippen molar-refractivity contribution in [1.29, 1.82) is 0 Å². The molecular weight excluding hydrogens is 240 g/mol. The molecule has 0 atom stereocenters. The fraction of sp³-hybridized carbons (Fsp3) is 0. The molecule has 2 nitrogen and oxygen atoms in total. The number of carbonyl (C=O) groups is 1. The average Bonchev–Trinajstić information content (AvgIpc) is 0.811. The van der Waals surface area contributed by atoms with Crippen LogP contribution in [0.5, 0.6) is 0 Å². The molecule has 5 heavy (non-hydrogen) atoms. The SMILES string of the molecule is [CH2-]C(=O)[O-].[W]. The van der Waals surface area contributed by atoms with E-state index < -0.39 is 5.97 Å². The van der Waals surface area contributed by atoms with Crippen molar-refractivity contribution < 1.29 is 31.0 Å². The molecule has 0 aliphatic carbocycles. The van der Waals surface area contributed by atoms with Crippen molar-refractivity contribution in [2.45, 2.75) is 0 Å². The summed E-state index contributed by atoms with van der Waals surface area (Å²) in [5.41, 5.74) is 0. The zero-order chi connectivity index (χ0) is 3.58. The molecule has 0 bridgehead atoms. The molecule has 0 heterocycles. The first kappa shape index (κ1) is 8.90. The number of hydrogen-bond acceptors (Lipinski definition) is 2. The van der Waals surface area contributed by atoms with Gasteiger partial charge < -0.3 is 16.8 Å². The van der Waals surface area contributed by atoms with Crippen molar-refractivity contribution in [1.82, 2.24) is 0 Å². The zero-order valence-electron chi connectivity index (χ0n) is 2.43. The normalized spacial score (nSPS) is 4.80. The van der Waals surface area contributed by atoms with E-state index in [-0.39, 0.29) is 21.1 Å². The molecule has 0 aromatic carbocycles. The monoisotopic (exact) mass is 242 g/mol. The number of carboxylic acid groups (broad SMARTS) is 1. The number of carboxylic acids is 1.